The summed E-state index contributed by atoms with van der Waals surface area (Å²) in [4.78, 5) is 22.2. The van der Waals surface area contributed by atoms with E-state index in [1.54, 1.807) is 6.92 Å². The van der Waals surface area contributed by atoms with Crippen molar-refractivity contribution in [1.82, 2.24) is 5.32 Å². The quantitative estimate of drug-likeness (QED) is 0.619. The van der Waals surface area contributed by atoms with Gasteiger partial charge in [0.1, 0.15) is 5.02 Å². The fourth-order valence-electron chi connectivity index (χ4n) is 1.65. The summed E-state index contributed by atoms with van der Waals surface area (Å²) in [6, 6.07) is 3.77. The van der Waals surface area contributed by atoms with E-state index in [2.05, 4.69) is 5.32 Å². The Bertz CT molecular complexity index is 508. The van der Waals surface area contributed by atoms with Crippen molar-refractivity contribution in [3.8, 4) is 0 Å². The Morgan fingerprint density at radius 3 is 2.75 bits per heavy atom. The van der Waals surface area contributed by atoms with Crippen LogP contribution in [0.3, 0.4) is 0 Å². The maximum absolute atomic E-state index is 12.1. The van der Waals surface area contributed by atoms with Gasteiger partial charge in [0.2, 0.25) is 0 Å². The lowest BCUT2D eigenvalue weighted by atomic mass is 10.1. The van der Waals surface area contributed by atoms with E-state index in [1.807, 2.05) is 6.26 Å². The van der Waals surface area contributed by atoms with Gasteiger partial charge in [0.05, 0.1) is 17.1 Å². The van der Waals surface area contributed by atoms with Gasteiger partial charge in [-0.05, 0) is 19.2 Å². The van der Waals surface area contributed by atoms with Crippen LogP contribution in [0.5, 0.6) is 0 Å². The Kier molecular flexibility index (Phi) is 6.25. The Labute approximate surface area is 125 Å². The molecule has 0 bridgehead atoms. The number of halogens is 1. The lowest BCUT2D eigenvalue weighted by Gasteiger charge is -2.21. The van der Waals surface area contributed by atoms with Gasteiger partial charge in [-0.25, -0.2) is 0 Å². The van der Waals surface area contributed by atoms with Crippen molar-refractivity contribution >= 4 is 35.0 Å². The predicted molar refractivity (Wildman–Crippen MR) is 79.4 cm³/mol. The van der Waals surface area contributed by atoms with Gasteiger partial charge in [-0.1, -0.05) is 17.7 Å². The van der Waals surface area contributed by atoms with Crippen LogP contribution in [0.4, 0.5) is 5.69 Å². The van der Waals surface area contributed by atoms with Crippen LogP contribution in [-0.4, -0.2) is 40.1 Å². The second-order valence-corrected chi connectivity index (χ2v) is 5.57. The Balaban J connectivity index is 2.93. The lowest BCUT2D eigenvalue weighted by molar-refractivity contribution is -0.384. The Morgan fingerprint density at radius 2 is 2.25 bits per heavy atom. The van der Waals surface area contributed by atoms with Crippen LogP contribution in [0.25, 0.3) is 0 Å². The average Bonchev–Trinajstić information content (AvgIpc) is 2.39. The van der Waals surface area contributed by atoms with Crippen LogP contribution in [0, 0.1) is 10.1 Å². The van der Waals surface area contributed by atoms with E-state index in [1.165, 1.54) is 30.0 Å². The number of carbonyl (C=O) groups excluding carboxylic acids is 1. The highest BCUT2D eigenvalue weighted by molar-refractivity contribution is 7.99. The van der Waals surface area contributed by atoms with Crippen LogP contribution in [0.2, 0.25) is 5.02 Å². The molecule has 2 N–H and O–H groups in total. The molecule has 0 aliphatic carbocycles. The first kappa shape index (κ1) is 16.7. The standard InChI is InChI=1S/C12H15ClN2O4S/c1-7(10(6-16)20-2)14-12(17)8-4-3-5-9(11(8)13)15(18)19/h3-5,7,10,16H,6H2,1-2H3,(H,14,17). The molecule has 2 unspecified atom stereocenters. The first-order valence-electron chi connectivity index (χ1n) is 5.79. The van der Waals surface area contributed by atoms with E-state index >= 15 is 0 Å². The molecule has 0 heterocycles. The Morgan fingerprint density at radius 1 is 1.60 bits per heavy atom. The molecule has 6 nitrogen and oxygen atoms in total. The number of nitro benzene ring substituents is 1. The minimum Gasteiger partial charge on any atom is -0.395 e. The summed E-state index contributed by atoms with van der Waals surface area (Å²) in [7, 11) is 0. The Hall–Kier alpha value is -1.31. The van der Waals surface area contributed by atoms with Crippen LogP contribution in [0.1, 0.15) is 17.3 Å². The van der Waals surface area contributed by atoms with E-state index in [-0.39, 0.29) is 34.2 Å². The first-order valence-corrected chi connectivity index (χ1v) is 7.46. The minimum atomic E-state index is -0.638. The van der Waals surface area contributed by atoms with Crippen molar-refractivity contribution in [3.63, 3.8) is 0 Å². The van der Waals surface area contributed by atoms with Crippen LogP contribution in [-0.2, 0) is 0 Å². The van der Waals surface area contributed by atoms with E-state index in [9.17, 15) is 14.9 Å². The number of aliphatic hydroxyl groups excluding tert-OH is 1. The molecule has 2 atom stereocenters. The summed E-state index contributed by atoms with van der Waals surface area (Å²) in [5, 5.41) is 22.3. The zero-order chi connectivity index (χ0) is 15.3. The molecule has 0 saturated heterocycles. The van der Waals surface area contributed by atoms with Crippen LogP contribution < -0.4 is 5.32 Å². The molecule has 0 saturated carbocycles. The minimum absolute atomic E-state index is 0.0468. The molecule has 0 aliphatic rings. The molecule has 110 valence electrons. The van der Waals surface area contributed by atoms with E-state index in [0.29, 0.717) is 0 Å². The van der Waals surface area contributed by atoms with Gasteiger partial charge in [-0.2, -0.15) is 11.8 Å². The molecular weight excluding hydrogens is 304 g/mol. The number of nitrogens with zero attached hydrogens (tertiary/aromatic N) is 1. The summed E-state index contributed by atoms with van der Waals surface area (Å²) in [6.45, 7) is 1.67. The van der Waals surface area contributed by atoms with Crippen molar-refractivity contribution in [3.05, 3.63) is 38.9 Å². The van der Waals surface area contributed by atoms with E-state index in [0.717, 1.165) is 0 Å². The maximum atomic E-state index is 12.1. The van der Waals surface area contributed by atoms with E-state index < -0.39 is 10.8 Å². The number of thioether (sulfide) groups is 1. The molecule has 20 heavy (non-hydrogen) atoms. The number of benzene rings is 1. The molecule has 8 heteroatoms. The zero-order valence-corrected chi connectivity index (χ0v) is 12.6. The lowest BCUT2D eigenvalue weighted by Crippen LogP contribution is -2.41. The topological polar surface area (TPSA) is 92.5 Å². The fraction of sp³-hybridized carbons (Fsp3) is 0.417. The normalized spacial score (nSPS) is 13.6. The number of nitrogens with one attached hydrogen (secondary N) is 1. The fourth-order valence-corrected chi connectivity index (χ4v) is 2.56. The molecule has 1 aromatic rings. The highest BCUT2D eigenvalue weighted by Gasteiger charge is 2.23. The third-order valence-corrected chi connectivity index (χ3v) is 4.38. The van der Waals surface area contributed by atoms with Gasteiger partial charge in [0, 0.05) is 17.4 Å². The summed E-state index contributed by atoms with van der Waals surface area (Å²) >= 11 is 7.29. The summed E-state index contributed by atoms with van der Waals surface area (Å²) < 4.78 is 0. The number of hydrogen-bond donors (Lipinski definition) is 2. The van der Waals surface area contributed by atoms with Gasteiger partial charge in [-0.15, -0.1) is 0 Å². The van der Waals surface area contributed by atoms with Gasteiger partial charge < -0.3 is 10.4 Å². The first-order chi connectivity index (χ1) is 9.42. The number of hydrogen-bond acceptors (Lipinski definition) is 5. The van der Waals surface area contributed by atoms with Gasteiger partial charge >= 0.3 is 0 Å². The van der Waals surface area contributed by atoms with Gasteiger partial charge in [-0.3, -0.25) is 14.9 Å². The molecule has 1 aromatic carbocycles. The molecule has 0 fully saturated rings. The molecule has 0 radical (unpaired) electrons. The van der Waals surface area contributed by atoms with Crippen LogP contribution >= 0.6 is 23.4 Å². The predicted octanol–water partition coefficient (Wildman–Crippen LogP) is 2.09. The summed E-state index contributed by atoms with van der Waals surface area (Å²) in [5.74, 6) is -0.501. The average molecular weight is 319 g/mol. The highest BCUT2D eigenvalue weighted by atomic mass is 35.5. The van der Waals surface area contributed by atoms with Crippen molar-refractivity contribution in [2.75, 3.05) is 12.9 Å². The largest absolute Gasteiger partial charge is 0.395 e. The molecule has 0 aliphatic heterocycles. The van der Waals surface area contributed by atoms with E-state index in [4.69, 9.17) is 16.7 Å². The van der Waals surface area contributed by atoms with Crippen molar-refractivity contribution < 1.29 is 14.8 Å². The number of rotatable bonds is 6. The number of carbonyl (C=O) groups is 1. The molecule has 0 aromatic heterocycles. The highest BCUT2D eigenvalue weighted by Crippen LogP contribution is 2.27. The smallest absolute Gasteiger partial charge is 0.288 e. The molecule has 1 amide bonds. The van der Waals surface area contributed by atoms with Gasteiger partial charge in [0.15, 0.2) is 0 Å². The monoisotopic (exact) mass is 318 g/mol. The second kappa shape index (κ2) is 7.47. The molecular formula is C12H15ClN2O4S. The third kappa shape index (κ3) is 3.84. The molecule has 1 rings (SSSR count). The zero-order valence-electron chi connectivity index (χ0n) is 11.0. The third-order valence-electron chi connectivity index (χ3n) is 2.82. The van der Waals surface area contributed by atoms with Crippen molar-refractivity contribution in [2.24, 2.45) is 0 Å². The van der Waals surface area contributed by atoms with Crippen molar-refractivity contribution in [1.29, 1.82) is 0 Å². The summed E-state index contributed by atoms with van der Waals surface area (Å²) in [5.41, 5.74) is -0.263. The SMILES string of the molecule is CSC(CO)C(C)NC(=O)c1cccc([N+](=O)[O-])c1Cl. The van der Waals surface area contributed by atoms with Crippen molar-refractivity contribution in [2.45, 2.75) is 18.2 Å². The number of nitro groups is 1. The number of aliphatic hydroxyl groups is 1. The second-order valence-electron chi connectivity index (χ2n) is 4.11. The van der Waals surface area contributed by atoms with Gasteiger partial charge in [0.25, 0.3) is 11.6 Å². The summed E-state index contributed by atoms with van der Waals surface area (Å²) in [6.07, 6.45) is 1.82. The maximum Gasteiger partial charge on any atom is 0.288 e. The number of amides is 1. The molecule has 0 spiro atoms. The van der Waals surface area contributed by atoms with Crippen LogP contribution in [0.15, 0.2) is 18.2 Å².